The highest BCUT2D eigenvalue weighted by molar-refractivity contribution is 6.35. The lowest BCUT2D eigenvalue weighted by molar-refractivity contribution is -0.128. The fourth-order valence-electron chi connectivity index (χ4n) is 4.49. The summed E-state index contributed by atoms with van der Waals surface area (Å²) in [5.74, 6) is -0.389. The molecule has 14 heteroatoms. The van der Waals surface area contributed by atoms with Crippen LogP contribution in [0.25, 0.3) is 0 Å². The fourth-order valence-corrected chi connectivity index (χ4v) is 5.34. The van der Waals surface area contributed by atoms with E-state index in [0.29, 0.717) is 49.4 Å². The number of nitrogens with one attached hydrogen (secondary N) is 2. The Morgan fingerprint density at radius 2 is 1.28 bits per heavy atom. The highest BCUT2D eigenvalue weighted by atomic mass is 35.5. The first-order valence-electron chi connectivity index (χ1n) is 15.6. The maximum Gasteiger partial charge on any atom is 0.287 e. The zero-order valence-electron chi connectivity index (χ0n) is 27.4. The summed E-state index contributed by atoms with van der Waals surface area (Å²) in [4.78, 5) is 33.6. The number of amides is 2. The highest BCUT2D eigenvalue weighted by Crippen LogP contribution is 2.27. The molecule has 2 aromatic heterocycles. The van der Waals surface area contributed by atoms with Crippen LogP contribution in [-0.2, 0) is 45.4 Å². The molecule has 0 aliphatic carbocycles. The van der Waals surface area contributed by atoms with Crippen LogP contribution in [0.3, 0.4) is 0 Å². The van der Waals surface area contributed by atoms with E-state index < -0.39 is 12.0 Å². The number of hydrogen-bond acceptors (Lipinski definition) is 8. The maximum atomic E-state index is 12.8. The van der Waals surface area contributed by atoms with Crippen LogP contribution in [0.5, 0.6) is 11.8 Å². The standard InChI is InChI=1S/C36H36Cl4N4O6/c1-3-31(49-35-29(39)15-27(37)19-43-35)33(45)41-17-23-7-5-9-25(13-23)21-47-11-12-48-22-26-10-6-8-24(14-26)18-42-34(46)32(4-2)50-36-30(40)16-28(38)20-44-36/h3,5-10,13-16,19-20,32H,4,11-12,17-18,21-22H2,1-2H3,(H,41,45)(H,42,46)/b31-3+/t32-/m1/s1. The summed E-state index contributed by atoms with van der Waals surface area (Å²) in [6, 6.07) is 18.5. The average molecular weight is 763 g/mol. The molecule has 2 aromatic carbocycles. The quantitative estimate of drug-likeness (QED) is 0.0597. The van der Waals surface area contributed by atoms with Crippen molar-refractivity contribution in [1.29, 1.82) is 0 Å². The molecule has 4 aromatic rings. The van der Waals surface area contributed by atoms with Crippen LogP contribution >= 0.6 is 46.4 Å². The Morgan fingerprint density at radius 1 is 0.760 bits per heavy atom. The van der Waals surface area contributed by atoms with Gasteiger partial charge in [0.15, 0.2) is 11.9 Å². The molecule has 0 saturated heterocycles. The Morgan fingerprint density at radius 3 is 1.80 bits per heavy atom. The molecule has 4 rings (SSSR count). The average Bonchev–Trinajstić information content (AvgIpc) is 3.11. The summed E-state index contributed by atoms with van der Waals surface area (Å²) in [6.45, 7) is 5.68. The van der Waals surface area contributed by atoms with Crippen LogP contribution < -0.4 is 20.1 Å². The van der Waals surface area contributed by atoms with Crippen molar-refractivity contribution in [2.45, 2.75) is 52.7 Å². The summed E-state index contributed by atoms with van der Waals surface area (Å²) in [5.41, 5.74) is 3.73. The van der Waals surface area contributed by atoms with Gasteiger partial charge in [0, 0.05) is 25.5 Å². The van der Waals surface area contributed by atoms with Crippen LogP contribution in [0.1, 0.15) is 42.5 Å². The van der Waals surface area contributed by atoms with Gasteiger partial charge in [0.05, 0.1) is 36.5 Å². The molecule has 2 N–H and O–H groups in total. The lowest BCUT2D eigenvalue weighted by atomic mass is 10.1. The summed E-state index contributed by atoms with van der Waals surface area (Å²) in [6.07, 6.45) is 4.01. The number of aromatic nitrogens is 2. The van der Waals surface area contributed by atoms with Crippen molar-refractivity contribution in [1.82, 2.24) is 20.6 Å². The van der Waals surface area contributed by atoms with Crippen LogP contribution in [0.15, 0.2) is 84.9 Å². The predicted molar refractivity (Wildman–Crippen MR) is 193 cm³/mol. The monoisotopic (exact) mass is 760 g/mol. The molecule has 0 spiro atoms. The van der Waals surface area contributed by atoms with Crippen LogP contribution in [0.4, 0.5) is 0 Å². The van der Waals surface area contributed by atoms with Crippen molar-refractivity contribution >= 4 is 58.2 Å². The van der Waals surface area contributed by atoms with E-state index in [-0.39, 0.29) is 40.0 Å². The van der Waals surface area contributed by atoms with Gasteiger partial charge in [-0.05, 0) is 53.8 Å². The lowest BCUT2D eigenvalue weighted by Crippen LogP contribution is -2.37. The Balaban J connectivity index is 1.14. The third-order valence-electron chi connectivity index (χ3n) is 6.97. The van der Waals surface area contributed by atoms with E-state index in [0.717, 1.165) is 22.3 Å². The first kappa shape index (κ1) is 38.9. The second-order valence-corrected chi connectivity index (χ2v) is 12.5. The summed E-state index contributed by atoms with van der Waals surface area (Å²) in [7, 11) is 0. The molecular formula is C36H36Cl4N4O6. The Hall–Kier alpha value is -3.90. The van der Waals surface area contributed by atoms with Crippen LogP contribution in [0.2, 0.25) is 20.1 Å². The first-order chi connectivity index (χ1) is 24.1. The minimum absolute atomic E-state index is 0.0604. The van der Waals surface area contributed by atoms with E-state index in [2.05, 4.69) is 20.6 Å². The van der Waals surface area contributed by atoms with Crippen molar-refractivity contribution in [3.8, 4) is 11.8 Å². The molecule has 10 nitrogen and oxygen atoms in total. The molecular weight excluding hydrogens is 726 g/mol. The van der Waals surface area contributed by atoms with Crippen molar-refractivity contribution in [3.63, 3.8) is 0 Å². The second-order valence-electron chi connectivity index (χ2n) is 10.8. The lowest BCUT2D eigenvalue weighted by Gasteiger charge is -2.17. The molecule has 0 bridgehead atoms. The number of pyridine rings is 2. The third kappa shape index (κ3) is 12.5. The molecule has 0 unspecified atom stereocenters. The highest BCUT2D eigenvalue weighted by Gasteiger charge is 2.20. The smallest absolute Gasteiger partial charge is 0.287 e. The van der Waals surface area contributed by atoms with Gasteiger partial charge in [0.1, 0.15) is 10.0 Å². The predicted octanol–water partition coefficient (Wildman–Crippen LogP) is 7.90. The van der Waals surface area contributed by atoms with Gasteiger partial charge < -0.3 is 29.6 Å². The van der Waals surface area contributed by atoms with E-state index in [9.17, 15) is 9.59 Å². The number of carbonyl (C=O) groups is 2. The van der Waals surface area contributed by atoms with Gasteiger partial charge in [-0.3, -0.25) is 9.59 Å². The Kier molecular flexibility index (Phi) is 15.6. The Labute approximate surface area is 311 Å². The maximum absolute atomic E-state index is 12.8. The number of rotatable bonds is 18. The molecule has 2 heterocycles. The van der Waals surface area contributed by atoms with E-state index in [1.54, 1.807) is 6.92 Å². The zero-order chi connectivity index (χ0) is 35.9. The van der Waals surface area contributed by atoms with Gasteiger partial charge >= 0.3 is 0 Å². The van der Waals surface area contributed by atoms with E-state index >= 15 is 0 Å². The largest absolute Gasteiger partial charge is 0.463 e. The van der Waals surface area contributed by atoms with Crippen molar-refractivity contribution in [2.24, 2.45) is 0 Å². The van der Waals surface area contributed by atoms with Gasteiger partial charge in [-0.15, -0.1) is 0 Å². The number of allylic oxidation sites excluding steroid dienone is 1. The van der Waals surface area contributed by atoms with E-state index in [1.807, 2.05) is 55.5 Å². The van der Waals surface area contributed by atoms with Crippen LogP contribution in [0, 0.1) is 0 Å². The molecule has 0 saturated carbocycles. The topological polar surface area (TPSA) is 121 Å². The molecule has 2 amide bonds. The minimum Gasteiger partial charge on any atom is -0.463 e. The molecule has 264 valence electrons. The van der Waals surface area contributed by atoms with Crippen molar-refractivity contribution < 1.29 is 28.5 Å². The summed E-state index contributed by atoms with van der Waals surface area (Å²) in [5, 5.41) is 6.92. The zero-order valence-corrected chi connectivity index (χ0v) is 30.4. The number of halogens is 4. The van der Waals surface area contributed by atoms with Gasteiger partial charge in [-0.1, -0.05) is 102 Å². The Bertz CT molecular complexity index is 1790. The van der Waals surface area contributed by atoms with Gasteiger partial charge in [-0.25, -0.2) is 9.97 Å². The summed E-state index contributed by atoms with van der Waals surface area (Å²) >= 11 is 24.0. The van der Waals surface area contributed by atoms with E-state index in [1.165, 1.54) is 30.6 Å². The summed E-state index contributed by atoms with van der Waals surface area (Å²) < 4.78 is 22.9. The molecule has 50 heavy (non-hydrogen) atoms. The van der Waals surface area contributed by atoms with Gasteiger partial charge in [-0.2, -0.15) is 0 Å². The normalized spacial score (nSPS) is 11.9. The second kappa shape index (κ2) is 20.1. The molecule has 1 atom stereocenters. The third-order valence-corrected chi connectivity index (χ3v) is 7.92. The number of carbonyl (C=O) groups excluding carboxylic acids is 2. The fraction of sp³-hybridized carbons (Fsp3) is 0.278. The number of benzene rings is 2. The first-order valence-corrected chi connectivity index (χ1v) is 17.2. The number of nitrogens with zero attached hydrogens (tertiary/aromatic N) is 2. The van der Waals surface area contributed by atoms with Gasteiger partial charge in [0.25, 0.3) is 11.8 Å². The number of hydrogen-bond donors (Lipinski definition) is 2. The molecule has 0 radical (unpaired) electrons. The number of ether oxygens (including phenoxy) is 4. The minimum atomic E-state index is -0.757. The molecule has 0 aliphatic rings. The molecule has 0 fully saturated rings. The SMILES string of the molecule is C/C=C(/Oc1ncc(Cl)cc1Cl)C(=O)NCc1cccc(COCCOCc2cccc(CNC(=O)[C@@H](CC)Oc3ncc(Cl)cc3Cl)c2)c1. The van der Waals surface area contributed by atoms with Gasteiger partial charge in [0.2, 0.25) is 11.8 Å². The molecule has 0 aliphatic heterocycles. The van der Waals surface area contributed by atoms with E-state index in [4.69, 9.17) is 65.4 Å². The van der Waals surface area contributed by atoms with Crippen molar-refractivity contribution in [2.75, 3.05) is 13.2 Å². The van der Waals surface area contributed by atoms with Crippen LogP contribution in [-0.4, -0.2) is 41.1 Å². The van der Waals surface area contributed by atoms with Crippen molar-refractivity contribution in [3.05, 3.63) is 127 Å².